The molecule has 1 atom stereocenters. The summed E-state index contributed by atoms with van der Waals surface area (Å²) < 4.78 is 45.5. The third-order valence-electron chi connectivity index (χ3n) is 4.01. The minimum Gasteiger partial charge on any atom is -0.379 e. The number of imidazole rings is 1. The minimum absolute atomic E-state index is 0.184. The van der Waals surface area contributed by atoms with Crippen LogP contribution in [0.3, 0.4) is 0 Å². The zero-order chi connectivity index (χ0) is 17.4. The van der Waals surface area contributed by atoms with E-state index in [9.17, 15) is 13.2 Å². The topological polar surface area (TPSA) is 51.5 Å². The molecule has 3 aromatic rings. The Morgan fingerprint density at radius 1 is 1.24 bits per heavy atom. The fourth-order valence-electron chi connectivity index (χ4n) is 2.81. The molecule has 3 aromatic heterocycles. The summed E-state index contributed by atoms with van der Waals surface area (Å²) in [7, 11) is 0. The van der Waals surface area contributed by atoms with E-state index in [-0.39, 0.29) is 6.04 Å². The zero-order valence-corrected chi connectivity index (χ0v) is 13.9. The van der Waals surface area contributed by atoms with Gasteiger partial charge >= 0.3 is 6.18 Å². The van der Waals surface area contributed by atoms with E-state index in [1.54, 1.807) is 16.8 Å². The molecule has 0 bridgehead atoms. The molecular formula is C16H15F3N4OS. The van der Waals surface area contributed by atoms with Crippen molar-refractivity contribution in [3.8, 4) is 10.6 Å². The third-order valence-corrected chi connectivity index (χ3v) is 5.17. The summed E-state index contributed by atoms with van der Waals surface area (Å²) in [6, 6.07) is 6.33. The van der Waals surface area contributed by atoms with E-state index in [0.717, 1.165) is 25.5 Å². The highest BCUT2D eigenvalue weighted by molar-refractivity contribution is 7.15. The quantitative estimate of drug-likeness (QED) is 0.757. The van der Waals surface area contributed by atoms with Gasteiger partial charge in [-0.05, 0) is 37.1 Å². The molecule has 1 saturated heterocycles. The number of halogens is 3. The Balaban J connectivity index is 1.65. The number of aromatic nitrogens is 3. The molecule has 4 rings (SSSR count). The number of nitrogens with zero attached hydrogens (tertiary/aromatic N) is 3. The van der Waals surface area contributed by atoms with Crippen LogP contribution in [0.25, 0.3) is 16.2 Å². The van der Waals surface area contributed by atoms with E-state index in [1.807, 2.05) is 6.07 Å². The van der Waals surface area contributed by atoms with Gasteiger partial charge < -0.3 is 10.1 Å². The fraction of sp³-hybridized carbons (Fsp3) is 0.375. The number of alkyl halides is 3. The van der Waals surface area contributed by atoms with Gasteiger partial charge in [0.05, 0.1) is 23.7 Å². The summed E-state index contributed by atoms with van der Waals surface area (Å²) in [6.45, 7) is 1.40. The lowest BCUT2D eigenvalue weighted by molar-refractivity contribution is -0.134. The molecule has 1 aliphatic heterocycles. The van der Waals surface area contributed by atoms with Crippen LogP contribution in [-0.4, -0.2) is 33.9 Å². The van der Waals surface area contributed by atoms with Crippen molar-refractivity contribution in [3.63, 3.8) is 0 Å². The molecule has 25 heavy (non-hydrogen) atoms. The van der Waals surface area contributed by atoms with E-state index in [4.69, 9.17) is 4.74 Å². The Morgan fingerprint density at radius 2 is 2.12 bits per heavy atom. The number of fused-ring (bicyclic) bond motifs is 1. The van der Waals surface area contributed by atoms with Gasteiger partial charge in [0, 0.05) is 6.61 Å². The van der Waals surface area contributed by atoms with Crippen molar-refractivity contribution in [1.82, 2.24) is 14.6 Å². The SMILES string of the molecule is FC(F)(F)c1ccc(-c2cnc3ccc(NC4CCCOC4)nn23)s1. The Hall–Kier alpha value is -2.13. The Morgan fingerprint density at radius 3 is 2.84 bits per heavy atom. The summed E-state index contributed by atoms with van der Waals surface area (Å²) in [5.41, 5.74) is 1.13. The number of ether oxygens (including phenoxy) is 1. The molecular weight excluding hydrogens is 353 g/mol. The zero-order valence-electron chi connectivity index (χ0n) is 13.1. The van der Waals surface area contributed by atoms with Crippen molar-refractivity contribution in [3.05, 3.63) is 35.3 Å². The molecule has 0 saturated carbocycles. The van der Waals surface area contributed by atoms with Crippen LogP contribution < -0.4 is 5.32 Å². The van der Waals surface area contributed by atoms with Crippen LogP contribution in [0, 0.1) is 0 Å². The molecule has 0 aliphatic carbocycles. The van der Waals surface area contributed by atoms with E-state index >= 15 is 0 Å². The summed E-state index contributed by atoms with van der Waals surface area (Å²) in [5.74, 6) is 0.648. The highest BCUT2D eigenvalue weighted by Gasteiger charge is 2.32. The molecule has 4 heterocycles. The summed E-state index contributed by atoms with van der Waals surface area (Å²) in [4.78, 5) is 4.07. The number of thiophene rings is 1. The smallest absolute Gasteiger partial charge is 0.379 e. The third kappa shape index (κ3) is 3.34. The van der Waals surface area contributed by atoms with Crippen LogP contribution in [0.15, 0.2) is 30.5 Å². The Bertz CT molecular complexity index is 883. The lowest BCUT2D eigenvalue weighted by Crippen LogP contribution is -2.30. The average Bonchev–Trinajstić information content (AvgIpc) is 3.21. The molecule has 0 radical (unpaired) electrons. The molecule has 132 valence electrons. The van der Waals surface area contributed by atoms with E-state index in [2.05, 4.69) is 15.4 Å². The molecule has 9 heteroatoms. The van der Waals surface area contributed by atoms with Crippen LogP contribution in [0.1, 0.15) is 17.7 Å². The fourth-order valence-corrected chi connectivity index (χ4v) is 3.68. The van der Waals surface area contributed by atoms with Gasteiger partial charge in [0.2, 0.25) is 0 Å². The summed E-state index contributed by atoms with van der Waals surface area (Å²) in [6.07, 6.45) is -0.811. The van der Waals surface area contributed by atoms with Crippen molar-refractivity contribution in [1.29, 1.82) is 0 Å². The predicted molar refractivity (Wildman–Crippen MR) is 88.8 cm³/mol. The molecule has 1 fully saturated rings. The first kappa shape index (κ1) is 16.3. The first-order chi connectivity index (χ1) is 12.0. The van der Waals surface area contributed by atoms with Gasteiger partial charge in [0.1, 0.15) is 16.4 Å². The second kappa shape index (κ2) is 6.30. The van der Waals surface area contributed by atoms with Crippen molar-refractivity contribution in [2.24, 2.45) is 0 Å². The minimum atomic E-state index is -4.34. The summed E-state index contributed by atoms with van der Waals surface area (Å²) >= 11 is 0.688. The molecule has 0 amide bonds. The molecule has 1 unspecified atom stereocenters. The molecule has 1 aliphatic rings. The average molecular weight is 368 g/mol. The van der Waals surface area contributed by atoms with E-state index in [0.29, 0.717) is 40.0 Å². The highest BCUT2D eigenvalue weighted by Crippen LogP contribution is 2.38. The maximum atomic E-state index is 12.8. The maximum absolute atomic E-state index is 12.8. The Kier molecular flexibility index (Phi) is 4.12. The number of anilines is 1. The standard InChI is InChI=1S/C16H15F3N4OS/c17-16(18,19)13-4-3-12(25-13)11-8-20-15-6-5-14(22-23(11)15)21-10-2-1-7-24-9-10/h3-6,8,10H,1-2,7,9H2,(H,21,22). The van der Waals surface area contributed by atoms with Gasteiger partial charge in [-0.15, -0.1) is 16.4 Å². The normalized spacial score (nSPS) is 18.6. The van der Waals surface area contributed by atoms with Crippen molar-refractivity contribution in [2.45, 2.75) is 25.1 Å². The van der Waals surface area contributed by atoms with Crippen LogP contribution in [0.5, 0.6) is 0 Å². The number of nitrogens with one attached hydrogen (secondary N) is 1. The van der Waals surface area contributed by atoms with Crippen LogP contribution >= 0.6 is 11.3 Å². The number of rotatable bonds is 3. The first-order valence-electron chi connectivity index (χ1n) is 7.87. The Labute approximate surface area is 145 Å². The first-order valence-corrected chi connectivity index (χ1v) is 8.69. The van der Waals surface area contributed by atoms with E-state index in [1.165, 1.54) is 6.07 Å². The molecule has 0 spiro atoms. The summed E-state index contributed by atoms with van der Waals surface area (Å²) in [5, 5.41) is 7.80. The van der Waals surface area contributed by atoms with Crippen molar-refractivity contribution < 1.29 is 17.9 Å². The van der Waals surface area contributed by atoms with Gasteiger partial charge in [-0.2, -0.15) is 13.2 Å². The van der Waals surface area contributed by atoms with Gasteiger partial charge in [0.25, 0.3) is 0 Å². The van der Waals surface area contributed by atoms with Gasteiger partial charge in [-0.25, -0.2) is 9.50 Å². The predicted octanol–water partition coefficient (Wildman–Crippen LogP) is 4.07. The number of hydrogen-bond acceptors (Lipinski definition) is 5. The molecule has 5 nitrogen and oxygen atoms in total. The van der Waals surface area contributed by atoms with Crippen LogP contribution in [0.4, 0.5) is 19.0 Å². The van der Waals surface area contributed by atoms with Crippen LogP contribution in [-0.2, 0) is 10.9 Å². The van der Waals surface area contributed by atoms with Crippen molar-refractivity contribution >= 4 is 22.8 Å². The lowest BCUT2D eigenvalue weighted by Gasteiger charge is -2.23. The maximum Gasteiger partial charge on any atom is 0.425 e. The van der Waals surface area contributed by atoms with Gasteiger partial charge in [-0.3, -0.25) is 0 Å². The van der Waals surface area contributed by atoms with Crippen LogP contribution in [0.2, 0.25) is 0 Å². The monoisotopic (exact) mass is 368 g/mol. The molecule has 1 N–H and O–H groups in total. The van der Waals surface area contributed by atoms with E-state index < -0.39 is 11.1 Å². The molecule has 0 aromatic carbocycles. The largest absolute Gasteiger partial charge is 0.425 e. The second-order valence-corrected chi connectivity index (χ2v) is 6.94. The van der Waals surface area contributed by atoms with Gasteiger partial charge in [0.15, 0.2) is 5.65 Å². The lowest BCUT2D eigenvalue weighted by atomic mass is 10.1. The highest BCUT2D eigenvalue weighted by atomic mass is 32.1. The van der Waals surface area contributed by atoms with Crippen molar-refractivity contribution in [2.75, 3.05) is 18.5 Å². The van der Waals surface area contributed by atoms with Gasteiger partial charge in [-0.1, -0.05) is 0 Å². The second-order valence-electron chi connectivity index (χ2n) is 5.85. The number of hydrogen-bond donors (Lipinski definition) is 1.